The van der Waals surface area contributed by atoms with Crippen molar-refractivity contribution in [3.8, 4) is 0 Å². The topological polar surface area (TPSA) is 131 Å². The van der Waals surface area contributed by atoms with E-state index in [-0.39, 0.29) is 29.3 Å². The molecule has 3 N–H and O–H groups in total. The Morgan fingerprint density at radius 2 is 0.660 bits per heavy atom. The van der Waals surface area contributed by atoms with E-state index in [4.69, 9.17) is 0 Å². The third kappa shape index (κ3) is 29.4. The van der Waals surface area contributed by atoms with E-state index in [2.05, 4.69) is 44.5 Å². The zero-order valence-electron chi connectivity index (χ0n) is 32.9. The Balaban J connectivity index is 5.25. The fraction of sp³-hybridized carbons (Fsp3) is 0.872. The summed E-state index contributed by atoms with van der Waals surface area (Å²) in [4.78, 5) is 68.8. The van der Waals surface area contributed by atoms with E-state index in [1.165, 1.54) is 0 Å². The van der Waals surface area contributed by atoms with E-state index in [1.54, 1.807) is 0 Å². The number of carbonyl (C=O) groups is 5. The quantitative estimate of drug-likeness (QED) is 0.0766. The first-order valence-electron chi connectivity index (χ1n) is 20.2. The number of carbonyl (C=O) groups excluding carboxylic acids is 5. The first-order valence-corrected chi connectivity index (χ1v) is 20.2. The van der Waals surface area contributed by atoms with Crippen molar-refractivity contribution < 1.29 is 24.0 Å². The van der Waals surface area contributed by atoms with Crippen molar-refractivity contribution in [3.05, 3.63) is 0 Å². The van der Waals surface area contributed by atoms with Gasteiger partial charge in [0, 0.05) is 110 Å². The molecule has 0 aromatic rings. The van der Waals surface area contributed by atoms with E-state index < -0.39 is 0 Å². The van der Waals surface area contributed by atoms with Gasteiger partial charge in [-0.3, -0.25) is 24.0 Å². The second-order valence-electron chi connectivity index (χ2n) is 13.7. The minimum Gasteiger partial charge on any atom is -0.356 e. The summed E-state index contributed by atoms with van der Waals surface area (Å²) in [5.74, 6) is 0.746. The summed E-state index contributed by atoms with van der Waals surface area (Å²) in [7, 11) is 0. The number of amides is 3. The Morgan fingerprint density at radius 1 is 0.340 bits per heavy atom. The van der Waals surface area contributed by atoms with Crippen LogP contribution in [0, 0.1) is 0 Å². The molecule has 11 heteroatoms. The number of rotatable bonds is 36. The van der Waals surface area contributed by atoms with Gasteiger partial charge in [-0.2, -0.15) is 0 Å². The first-order chi connectivity index (χ1) is 24.2. The molecule has 0 aliphatic carbocycles. The molecular weight excluding hydrogens is 632 g/mol. The molecule has 0 bridgehead atoms. The number of hydrogen-bond donors (Lipinski definition) is 3. The van der Waals surface area contributed by atoms with Gasteiger partial charge in [-0.05, 0) is 58.0 Å². The van der Waals surface area contributed by atoms with Gasteiger partial charge in [-0.15, -0.1) is 0 Å². The maximum absolute atomic E-state index is 12.5. The Kier molecular flexibility index (Phi) is 32.2. The van der Waals surface area contributed by atoms with Gasteiger partial charge in [0.2, 0.25) is 17.7 Å². The SMILES string of the molecule is CCCCC(=O)CCN(CCC(=O)CCCC)CCN(CCCCCN(CCC(=O)NCCC)CCC(=O)NCCC)CCC(=O)NCCC. The molecule has 0 spiro atoms. The van der Waals surface area contributed by atoms with Gasteiger partial charge < -0.3 is 30.7 Å². The number of nitrogens with one attached hydrogen (secondary N) is 3. The van der Waals surface area contributed by atoms with E-state index in [0.29, 0.717) is 97.3 Å². The van der Waals surface area contributed by atoms with Crippen LogP contribution in [0.5, 0.6) is 0 Å². The Labute approximate surface area is 305 Å². The van der Waals surface area contributed by atoms with Crippen molar-refractivity contribution in [2.45, 2.75) is 144 Å². The third-order valence-corrected chi connectivity index (χ3v) is 8.90. The molecule has 0 heterocycles. The van der Waals surface area contributed by atoms with Crippen LogP contribution in [0.3, 0.4) is 0 Å². The zero-order chi connectivity index (χ0) is 37.2. The van der Waals surface area contributed by atoms with Crippen molar-refractivity contribution in [2.24, 2.45) is 0 Å². The monoisotopic (exact) mass is 709 g/mol. The minimum atomic E-state index is 0.0515. The molecule has 0 unspecified atom stereocenters. The van der Waals surface area contributed by atoms with Crippen LogP contribution in [0.25, 0.3) is 0 Å². The van der Waals surface area contributed by atoms with Crippen LogP contribution < -0.4 is 16.0 Å². The van der Waals surface area contributed by atoms with Crippen LogP contribution in [-0.4, -0.2) is 123 Å². The second-order valence-corrected chi connectivity index (χ2v) is 13.7. The van der Waals surface area contributed by atoms with Crippen LogP contribution in [0.1, 0.15) is 144 Å². The molecule has 50 heavy (non-hydrogen) atoms. The normalized spacial score (nSPS) is 11.4. The lowest BCUT2D eigenvalue weighted by Gasteiger charge is -2.28. The van der Waals surface area contributed by atoms with Gasteiger partial charge in [0.15, 0.2) is 0 Å². The fourth-order valence-electron chi connectivity index (χ4n) is 5.54. The highest BCUT2D eigenvalue weighted by molar-refractivity contribution is 5.79. The molecule has 0 rings (SSSR count). The Bertz CT molecular complexity index is 854. The molecule has 0 aliphatic heterocycles. The van der Waals surface area contributed by atoms with Crippen LogP contribution in [-0.2, 0) is 24.0 Å². The lowest BCUT2D eigenvalue weighted by molar-refractivity contribution is -0.122. The average Bonchev–Trinajstić information content (AvgIpc) is 3.12. The van der Waals surface area contributed by atoms with Crippen molar-refractivity contribution in [1.29, 1.82) is 0 Å². The summed E-state index contributed by atoms with van der Waals surface area (Å²) in [6, 6.07) is 0. The van der Waals surface area contributed by atoms with Gasteiger partial charge >= 0.3 is 0 Å². The van der Waals surface area contributed by atoms with Crippen molar-refractivity contribution in [1.82, 2.24) is 30.7 Å². The largest absolute Gasteiger partial charge is 0.356 e. The van der Waals surface area contributed by atoms with Gasteiger partial charge in [0.25, 0.3) is 0 Å². The number of hydrogen-bond acceptors (Lipinski definition) is 8. The van der Waals surface area contributed by atoms with E-state index in [0.717, 1.165) is 90.4 Å². The average molecular weight is 709 g/mol. The lowest BCUT2D eigenvalue weighted by atomic mass is 10.1. The molecule has 0 saturated heterocycles. The van der Waals surface area contributed by atoms with Gasteiger partial charge in [-0.25, -0.2) is 0 Å². The number of nitrogens with zero attached hydrogens (tertiary/aromatic N) is 3. The summed E-state index contributed by atoms with van der Waals surface area (Å²) in [6.07, 6.45) is 13.1. The van der Waals surface area contributed by atoms with Crippen LogP contribution in [0.4, 0.5) is 0 Å². The molecule has 0 atom stereocenters. The molecule has 0 aromatic heterocycles. The molecular formula is C39H76N6O5. The lowest BCUT2D eigenvalue weighted by Crippen LogP contribution is -2.39. The molecule has 3 amide bonds. The standard InChI is InChI=1S/C39H76N6O5/c1-6-11-16-35(46)18-28-45(29-19-36(47)17-12-7-2)34-33-44(32-22-39(50)42-25-10-5)27-15-13-14-26-43(30-20-37(48)40-23-8-3)31-21-38(49)41-24-9-4/h6-34H2,1-5H3,(H,40,48)(H,41,49)(H,42,50). The summed E-state index contributed by atoms with van der Waals surface area (Å²) < 4.78 is 0. The van der Waals surface area contributed by atoms with Gasteiger partial charge in [0.05, 0.1) is 0 Å². The number of Topliss-reactive ketones (excluding diaryl/α,β-unsaturated/α-hetero) is 2. The van der Waals surface area contributed by atoms with E-state index >= 15 is 0 Å². The first kappa shape index (κ1) is 47.6. The maximum Gasteiger partial charge on any atom is 0.221 e. The van der Waals surface area contributed by atoms with E-state index in [9.17, 15) is 24.0 Å². The molecule has 0 saturated carbocycles. The van der Waals surface area contributed by atoms with Crippen LogP contribution in [0.2, 0.25) is 0 Å². The van der Waals surface area contributed by atoms with Crippen molar-refractivity contribution in [3.63, 3.8) is 0 Å². The second kappa shape index (κ2) is 33.8. The highest BCUT2D eigenvalue weighted by atomic mass is 16.2. The molecule has 0 aromatic carbocycles. The van der Waals surface area contributed by atoms with Crippen molar-refractivity contribution in [2.75, 3.05) is 78.5 Å². The number of unbranched alkanes of at least 4 members (excludes halogenated alkanes) is 4. The molecule has 0 radical (unpaired) electrons. The van der Waals surface area contributed by atoms with E-state index in [1.807, 2.05) is 20.8 Å². The fourth-order valence-corrected chi connectivity index (χ4v) is 5.54. The van der Waals surface area contributed by atoms with Gasteiger partial charge in [-0.1, -0.05) is 53.9 Å². The Hall–Kier alpha value is -2.37. The molecule has 292 valence electrons. The predicted molar refractivity (Wildman–Crippen MR) is 205 cm³/mol. The number of ketones is 2. The smallest absolute Gasteiger partial charge is 0.221 e. The molecule has 0 fully saturated rings. The minimum absolute atomic E-state index is 0.0515. The van der Waals surface area contributed by atoms with Crippen molar-refractivity contribution >= 4 is 29.3 Å². The maximum atomic E-state index is 12.5. The third-order valence-electron chi connectivity index (χ3n) is 8.90. The zero-order valence-corrected chi connectivity index (χ0v) is 32.9. The molecule has 0 aliphatic rings. The summed E-state index contributed by atoms with van der Waals surface area (Å²) in [5.41, 5.74) is 0. The highest BCUT2D eigenvalue weighted by Gasteiger charge is 2.15. The van der Waals surface area contributed by atoms with Crippen LogP contribution in [0.15, 0.2) is 0 Å². The molecule has 11 nitrogen and oxygen atoms in total. The summed E-state index contributed by atoms with van der Waals surface area (Å²) >= 11 is 0. The van der Waals surface area contributed by atoms with Gasteiger partial charge in [0.1, 0.15) is 11.6 Å². The summed E-state index contributed by atoms with van der Waals surface area (Å²) in [5, 5.41) is 8.88. The predicted octanol–water partition coefficient (Wildman–Crippen LogP) is 5.11. The van der Waals surface area contributed by atoms with Crippen LogP contribution >= 0.6 is 0 Å². The Morgan fingerprint density at radius 3 is 1.00 bits per heavy atom. The summed E-state index contributed by atoms with van der Waals surface area (Å²) in [6.45, 7) is 18.8. The highest BCUT2D eigenvalue weighted by Crippen LogP contribution is 2.08.